The maximum Gasteiger partial charge on any atom is 0.242 e. The van der Waals surface area contributed by atoms with Crippen LogP contribution in [-0.4, -0.2) is 53.5 Å². The van der Waals surface area contributed by atoms with Crippen LogP contribution in [0.1, 0.15) is 27.7 Å². The summed E-state index contributed by atoms with van der Waals surface area (Å²) in [6.07, 6.45) is 0. The van der Waals surface area contributed by atoms with Gasteiger partial charge < -0.3 is 10.6 Å². The molecule has 0 aromatic rings. The van der Waals surface area contributed by atoms with Gasteiger partial charge in [-0.05, 0) is 27.7 Å². The van der Waals surface area contributed by atoms with Crippen molar-refractivity contribution >= 4 is 5.91 Å². The van der Waals surface area contributed by atoms with Gasteiger partial charge >= 0.3 is 0 Å². The summed E-state index contributed by atoms with van der Waals surface area (Å²) >= 11 is 0. The lowest BCUT2D eigenvalue weighted by molar-refractivity contribution is -0.152. The van der Waals surface area contributed by atoms with E-state index in [1.165, 1.54) is 0 Å². The Morgan fingerprint density at radius 3 is 2.40 bits per heavy atom. The van der Waals surface area contributed by atoms with Gasteiger partial charge in [-0.3, -0.25) is 9.69 Å². The molecule has 0 bridgehead atoms. The number of rotatable bonds is 2. The van der Waals surface area contributed by atoms with Crippen molar-refractivity contribution < 1.29 is 4.79 Å². The first-order valence-electron chi connectivity index (χ1n) is 5.47. The van der Waals surface area contributed by atoms with Crippen LogP contribution in [0.3, 0.4) is 0 Å². The molecule has 1 heterocycles. The average molecular weight is 213 g/mol. The summed E-state index contributed by atoms with van der Waals surface area (Å²) in [4.78, 5) is 16.1. The van der Waals surface area contributed by atoms with Gasteiger partial charge in [-0.2, -0.15) is 0 Å². The van der Waals surface area contributed by atoms with Crippen LogP contribution in [0, 0.1) is 0 Å². The molecule has 1 rings (SSSR count). The van der Waals surface area contributed by atoms with Crippen molar-refractivity contribution in [2.24, 2.45) is 5.73 Å². The summed E-state index contributed by atoms with van der Waals surface area (Å²) in [5.41, 5.74) is 5.20. The van der Waals surface area contributed by atoms with E-state index in [1.807, 2.05) is 20.9 Å². The zero-order valence-electron chi connectivity index (χ0n) is 10.5. The maximum atomic E-state index is 12.1. The Morgan fingerprint density at radius 2 is 1.93 bits per heavy atom. The fourth-order valence-electron chi connectivity index (χ4n) is 2.38. The topological polar surface area (TPSA) is 49.6 Å². The molecule has 15 heavy (non-hydrogen) atoms. The molecule has 0 spiro atoms. The van der Waals surface area contributed by atoms with Gasteiger partial charge in [0.05, 0.1) is 5.54 Å². The first-order valence-corrected chi connectivity index (χ1v) is 5.47. The number of carbonyl (C=O) groups is 1. The smallest absolute Gasteiger partial charge is 0.242 e. The minimum atomic E-state index is -0.449. The lowest BCUT2D eigenvalue weighted by Gasteiger charge is -2.52. The number of carbonyl (C=O) groups excluding carboxylic acids is 1. The predicted molar refractivity (Wildman–Crippen MR) is 61.6 cm³/mol. The van der Waals surface area contributed by atoms with Gasteiger partial charge in [-0.1, -0.05) is 0 Å². The zero-order chi connectivity index (χ0) is 11.9. The number of piperazine rings is 1. The lowest BCUT2D eigenvalue weighted by Crippen LogP contribution is -2.68. The second kappa shape index (κ2) is 3.76. The van der Waals surface area contributed by atoms with Gasteiger partial charge in [0, 0.05) is 32.2 Å². The molecule has 0 radical (unpaired) electrons. The van der Waals surface area contributed by atoms with Crippen LogP contribution in [0.4, 0.5) is 0 Å². The molecule has 1 aliphatic rings. The SMILES string of the molecule is CN1CCN(C(C)(C)CN)C(C)(C)C1=O. The van der Waals surface area contributed by atoms with E-state index in [2.05, 4.69) is 18.7 Å². The van der Waals surface area contributed by atoms with E-state index in [4.69, 9.17) is 5.73 Å². The molecule has 0 aromatic carbocycles. The van der Waals surface area contributed by atoms with Crippen LogP contribution in [0.5, 0.6) is 0 Å². The third-order valence-electron chi connectivity index (χ3n) is 3.43. The van der Waals surface area contributed by atoms with E-state index < -0.39 is 5.54 Å². The summed E-state index contributed by atoms with van der Waals surface area (Å²) < 4.78 is 0. The molecular formula is C11H23N3O. The molecule has 0 unspecified atom stereocenters. The molecule has 1 aliphatic heterocycles. The van der Waals surface area contributed by atoms with E-state index in [0.29, 0.717) is 6.54 Å². The Labute approximate surface area is 92.4 Å². The van der Waals surface area contributed by atoms with Crippen molar-refractivity contribution in [1.82, 2.24) is 9.80 Å². The monoisotopic (exact) mass is 213 g/mol. The molecule has 0 atom stereocenters. The fourth-order valence-corrected chi connectivity index (χ4v) is 2.38. The molecular weight excluding hydrogens is 190 g/mol. The fraction of sp³-hybridized carbons (Fsp3) is 0.909. The van der Waals surface area contributed by atoms with E-state index in [1.54, 1.807) is 4.90 Å². The highest BCUT2D eigenvalue weighted by atomic mass is 16.2. The van der Waals surface area contributed by atoms with Crippen LogP contribution >= 0.6 is 0 Å². The van der Waals surface area contributed by atoms with Crippen LogP contribution < -0.4 is 5.73 Å². The minimum Gasteiger partial charge on any atom is -0.343 e. The standard InChI is InChI=1S/C11H23N3O/c1-10(2,8-12)14-7-6-13(5)9(15)11(14,3)4/h6-8,12H2,1-5H3. The number of nitrogens with two attached hydrogens (primary N) is 1. The maximum absolute atomic E-state index is 12.1. The number of hydrogen-bond donors (Lipinski definition) is 1. The molecule has 2 N–H and O–H groups in total. The third kappa shape index (κ3) is 2.01. The molecule has 1 amide bonds. The number of likely N-dealkylation sites (N-methyl/N-ethyl adjacent to an activating group) is 1. The van der Waals surface area contributed by atoms with Crippen LogP contribution in [0.15, 0.2) is 0 Å². The Hall–Kier alpha value is -0.610. The van der Waals surface area contributed by atoms with Crippen molar-refractivity contribution in [2.45, 2.75) is 38.8 Å². The summed E-state index contributed by atoms with van der Waals surface area (Å²) in [6, 6.07) is 0. The van der Waals surface area contributed by atoms with Crippen molar-refractivity contribution in [2.75, 3.05) is 26.7 Å². The van der Waals surface area contributed by atoms with Gasteiger partial charge in [0.25, 0.3) is 0 Å². The first-order chi connectivity index (χ1) is 6.73. The van der Waals surface area contributed by atoms with Gasteiger partial charge in [0.15, 0.2) is 0 Å². The average Bonchev–Trinajstić information content (AvgIpc) is 2.14. The minimum absolute atomic E-state index is 0.125. The second-order valence-electron chi connectivity index (χ2n) is 5.45. The van der Waals surface area contributed by atoms with Crippen LogP contribution in [0.25, 0.3) is 0 Å². The Kier molecular flexibility index (Phi) is 3.12. The van der Waals surface area contributed by atoms with Gasteiger partial charge in [-0.15, -0.1) is 0 Å². The summed E-state index contributed by atoms with van der Waals surface area (Å²) in [5, 5.41) is 0. The molecule has 1 saturated heterocycles. The largest absolute Gasteiger partial charge is 0.343 e. The summed E-state index contributed by atoms with van der Waals surface area (Å²) in [5.74, 6) is 0.176. The molecule has 4 nitrogen and oxygen atoms in total. The highest BCUT2D eigenvalue weighted by molar-refractivity contribution is 5.86. The summed E-state index contributed by atoms with van der Waals surface area (Å²) in [7, 11) is 1.86. The Bertz CT molecular complexity index is 261. The Morgan fingerprint density at radius 1 is 1.40 bits per heavy atom. The van der Waals surface area contributed by atoms with E-state index in [9.17, 15) is 4.79 Å². The van der Waals surface area contributed by atoms with Gasteiger partial charge in [-0.25, -0.2) is 0 Å². The van der Waals surface area contributed by atoms with E-state index in [0.717, 1.165) is 13.1 Å². The van der Waals surface area contributed by atoms with Crippen molar-refractivity contribution in [3.63, 3.8) is 0 Å². The van der Waals surface area contributed by atoms with Crippen molar-refractivity contribution in [1.29, 1.82) is 0 Å². The van der Waals surface area contributed by atoms with Crippen LogP contribution in [-0.2, 0) is 4.79 Å². The molecule has 0 aromatic heterocycles. The number of hydrogen-bond acceptors (Lipinski definition) is 3. The Balaban J connectivity index is 2.97. The lowest BCUT2D eigenvalue weighted by atomic mass is 9.90. The van der Waals surface area contributed by atoms with Gasteiger partial charge in [0.2, 0.25) is 5.91 Å². The molecule has 4 heteroatoms. The number of amides is 1. The predicted octanol–water partition coefficient (Wildman–Crippen LogP) is 0.276. The van der Waals surface area contributed by atoms with Crippen LogP contribution in [0.2, 0.25) is 0 Å². The number of nitrogens with zero attached hydrogens (tertiary/aromatic N) is 2. The highest BCUT2D eigenvalue weighted by Crippen LogP contribution is 2.28. The third-order valence-corrected chi connectivity index (χ3v) is 3.43. The van der Waals surface area contributed by atoms with E-state index >= 15 is 0 Å². The van der Waals surface area contributed by atoms with Crippen molar-refractivity contribution in [3.05, 3.63) is 0 Å². The second-order valence-corrected chi connectivity index (χ2v) is 5.45. The molecule has 0 aliphatic carbocycles. The molecule has 88 valence electrons. The normalized spacial score (nSPS) is 23.3. The molecule has 0 saturated carbocycles. The summed E-state index contributed by atoms with van der Waals surface area (Å²) in [6.45, 7) is 10.4. The van der Waals surface area contributed by atoms with Crippen molar-refractivity contribution in [3.8, 4) is 0 Å². The van der Waals surface area contributed by atoms with Gasteiger partial charge in [0.1, 0.15) is 0 Å². The quantitative estimate of drug-likeness (QED) is 0.716. The zero-order valence-corrected chi connectivity index (χ0v) is 10.5. The molecule has 1 fully saturated rings. The highest BCUT2D eigenvalue weighted by Gasteiger charge is 2.45. The first kappa shape index (κ1) is 12.5. The van der Waals surface area contributed by atoms with E-state index in [-0.39, 0.29) is 11.4 Å².